The van der Waals surface area contributed by atoms with E-state index in [2.05, 4.69) is 13.8 Å². The number of hydrogen-bond acceptors (Lipinski definition) is 0. The van der Waals surface area contributed by atoms with Gasteiger partial charge in [0.25, 0.3) is 0 Å². The van der Waals surface area contributed by atoms with E-state index in [1.165, 1.54) is 64.2 Å². The van der Waals surface area contributed by atoms with Gasteiger partial charge in [0.2, 0.25) is 0 Å². The van der Waals surface area contributed by atoms with E-state index in [0.717, 1.165) is 5.41 Å². The Morgan fingerprint density at radius 2 is 0.762 bits per heavy atom. The monoisotopic (exact) mass is 302 g/mol. The molecule has 0 N–H and O–H groups in total. The maximum absolute atomic E-state index is 2.42. The Bertz CT molecular complexity index is 108. The molecule has 0 aromatic heterocycles. The van der Waals surface area contributed by atoms with Crippen LogP contribution >= 0.6 is 0 Å². The van der Waals surface area contributed by atoms with Gasteiger partial charge in [0.15, 0.2) is 0 Å². The Morgan fingerprint density at radius 3 is 0.905 bits per heavy atom. The minimum Gasteiger partial charge on any atom is -0.0683 e. The van der Waals surface area contributed by atoms with Gasteiger partial charge in [-0.1, -0.05) is 121 Å². The summed E-state index contributed by atoms with van der Waals surface area (Å²) in [6.07, 6.45) is 14.8. The quantitative estimate of drug-likeness (QED) is 0.453. The molecule has 2 fully saturated rings. The van der Waals surface area contributed by atoms with Crippen LogP contribution in [0.5, 0.6) is 0 Å². The minimum absolute atomic E-state index is 0.736. The van der Waals surface area contributed by atoms with E-state index in [-0.39, 0.29) is 0 Å². The maximum atomic E-state index is 2.42. The summed E-state index contributed by atoms with van der Waals surface area (Å²) in [5.74, 6) is 0. The molecule has 2 aliphatic rings. The van der Waals surface area contributed by atoms with Crippen LogP contribution < -0.4 is 0 Å². The normalized spacial score (nSPS) is 16.9. The van der Waals surface area contributed by atoms with Crippen molar-refractivity contribution in [3.05, 3.63) is 0 Å². The van der Waals surface area contributed by atoms with Gasteiger partial charge in [0.1, 0.15) is 0 Å². The third-order valence-corrected chi connectivity index (χ3v) is 3.91. The maximum Gasteiger partial charge on any atom is -0.0328 e. The minimum atomic E-state index is 0.736. The van der Waals surface area contributed by atoms with Gasteiger partial charge in [-0.25, -0.2) is 0 Å². The molecular formula is C21H50. The molecule has 2 saturated carbocycles. The molecule has 0 radical (unpaired) electrons. The molecule has 0 atom stereocenters. The van der Waals surface area contributed by atoms with Crippen molar-refractivity contribution in [1.29, 1.82) is 0 Å². The fourth-order valence-electron chi connectivity index (χ4n) is 2.47. The zero-order valence-corrected chi connectivity index (χ0v) is 17.6. The van der Waals surface area contributed by atoms with Crippen LogP contribution in [0.4, 0.5) is 0 Å². The molecule has 0 heteroatoms. The molecular weight excluding hydrogens is 252 g/mol. The van der Waals surface area contributed by atoms with Crippen molar-refractivity contribution in [2.75, 3.05) is 0 Å². The summed E-state index contributed by atoms with van der Waals surface area (Å²) in [6.45, 7) is 20.7. The van der Waals surface area contributed by atoms with E-state index in [1.807, 2.05) is 55.4 Å². The Morgan fingerprint density at radius 1 is 0.524 bits per heavy atom. The van der Waals surface area contributed by atoms with Crippen LogP contribution in [0.3, 0.4) is 0 Å². The smallest absolute Gasteiger partial charge is 0.0328 e. The summed E-state index contributed by atoms with van der Waals surface area (Å²) in [5, 5.41) is 0. The Balaban J connectivity index is -0.0000000968. The summed E-state index contributed by atoms with van der Waals surface area (Å²) in [6, 6.07) is 0. The van der Waals surface area contributed by atoms with Crippen LogP contribution in [0.2, 0.25) is 0 Å². The Hall–Kier alpha value is 0. The third kappa shape index (κ3) is 22.4. The van der Waals surface area contributed by atoms with Crippen molar-refractivity contribution in [3.8, 4) is 0 Å². The molecule has 0 unspecified atom stereocenters. The van der Waals surface area contributed by atoms with Gasteiger partial charge < -0.3 is 0 Å². The average molecular weight is 303 g/mol. The molecule has 0 spiro atoms. The van der Waals surface area contributed by atoms with Gasteiger partial charge in [-0.3, -0.25) is 0 Å². The summed E-state index contributed by atoms with van der Waals surface area (Å²) >= 11 is 0. The summed E-state index contributed by atoms with van der Waals surface area (Å²) in [4.78, 5) is 0. The molecule has 2 aliphatic carbocycles. The lowest BCUT2D eigenvalue weighted by Crippen LogP contribution is -2.07. The van der Waals surface area contributed by atoms with E-state index in [0.29, 0.717) is 0 Å². The molecule has 0 nitrogen and oxygen atoms in total. The highest BCUT2D eigenvalue weighted by atomic mass is 14.3. The predicted octanol–water partition coefficient (Wildman–Crippen LogP) is 9.03. The highest BCUT2D eigenvalue weighted by Crippen LogP contribution is 2.39. The first-order valence-electron chi connectivity index (χ1n) is 10.3. The predicted molar refractivity (Wildman–Crippen MR) is 105 cm³/mol. The van der Waals surface area contributed by atoms with E-state index < -0.39 is 0 Å². The van der Waals surface area contributed by atoms with Crippen molar-refractivity contribution in [2.45, 2.75) is 133 Å². The zero-order chi connectivity index (χ0) is 17.6. The first-order chi connectivity index (χ1) is 10.3. The summed E-state index contributed by atoms with van der Waals surface area (Å²) in [5.41, 5.74) is 0.736. The van der Waals surface area contributed by atoms with Crippen LogP contribution in [0.15, 0.2) is 0 Å². The topological polar surface area (TPSA) is 0 Å². The lowest BCUT2D eigenvalue weighted by atomic mass is 9.86. The van der Waals surface area contributed by atoms with Crippen LogP contribution in [-0.2, 0) is 0 Å². The first kappa shape index (κ1) is 29.1. The van der Waals surface area contributed by atoms with Crippen LogP contribution in [-0.4, -0.2) is 0 Å². The van der Waals surface area contributed by atoms with Crippen molar-refractivity contribution >= 4 is 0 Å². The van der Waals surface area contributed by atoms with Crippen molar-refractivity contribution < 1.29 is 0 Å². The molecule has 0 amide bonds. The lowest BCUT2D eigenvalue weighted by molar-refractivity contribution is 0.323. The van der Waals surface area contributed by atoms with Crippen LogP contribution in [0.25, 0.3) is 0 Å². The van der Waals surface area contributed by atoms with Gasteiger partial charge in [-0.15, -0.1) is 0 Å². The highest BCUT2D eigenvalue weighted by Gasteiger charge is 2.25. The second-order valence-electron chi connectivity index (χ2n) is 5.14. The van der Waals surface area contributed by atoms with Crippen molar-refractivity contribution in [2.24, 2.45) is 5.41 Å². The van der Waals surface area contributed by atoms with Gasteiger partial charge in [0.05, 0.1) is 0 Å². The van der Waals surface area contributed by atoms with Gasteiger partial charge in [0, 0.05) is 0 Å². The SMILES string of the molecule is C1CCCC1.CC.CC.CC.CC.CCC1(C)CCCC1. The number of rotatable bonds is 1. The molecule has 21 heavy (non-hydrogen) atoms. The van der Waals surface area contributed by atoms with Gasteiger partial charge >= 0.3 is 0 Å². The number of hydrogen-bond donors (Lipinski definition) is 0. The van der Waals surface area contributed by atoms with E-state index in [4.69, 9.17) is 0 Å². The third-order valence-electron chi connectivity index (χ3n) is 3.91. The van der Waals surface area contributed by atoms with E-state index in [1.54, 1.807) is 0 Å². The van der Waals surface area contributed by atoms with E-state index in [9.17, 15) is 0 Å². The van der Waals surface area contributed by atoms with Gasteiger partial charge in [-0.05, 0) is 18.3 Å². The van der Waals surface area contributed by atoms with Crippen molar-refractivity contribution in [3.63, 3.8) is 0 Å². The molecule has 2 rings (SSSR count). The standard InChI is InChI=1S/C8H16.C5H10.4C2H6/c1-3-8(2)6-4-5-7-8;1-2-4-5-3-1;4*1-2/h3-7H2,1-2H3;1-5H2;4*1-2H3. The molecule has 0 heterocycles. The second-order valence-corrected chi connectivity index (χ2v) is 5.14. The highest BCUT2D eigenvalue weighted by molar-refractivity contribution is 4.78. The molecule has 0 aromatic carbocycles. The summed E-state index contributed by atoms with van der Waals surface area (Å²) < 4.78 is 0. The zero-order valence-electron chi connectivity index (χ0n) is 17.6. The fraction of sp³-hybridized carbons (Fsp3) is 1.00. The largest absolute Gasteiger partial charge is 0.0683 e. The fourth-order valence-corrected chi connectivity index (χ4v) is 2.47. The summed E-state index contributed by atoms with van der Waals surface area (Å²) in [7, 11) is 0. The Labute approximate surface area is 139 Å². The Kier molecular flexibility index (Phi) is 39.0. The van der Waals surface area contributed by atoms with Crippen LogP contribution in [0, 0.1) is 5.41 Å². The lowest BCUT2D eigenvalue weighted by Gasteiger charge is -2.19. The molecule has 0 saturated heterocycles. The first-order valence-corrected chi connectivity index (χ1v) is 10.3. The second kappa shape index (κ2) is 28.2. The van der Waals surface area contributed by atoms with Crippen LogP contribution in [0.1, 0.15) is 133 Å². The molecule has 0 aliphatic heterocycles. The molecule has 0 aromatic rings. The van der Waals surface area contributed by atoms with Crippen molar-refractivity contribution in [1.82, 2.24) is 0 Å². The molecule has 0 bridgehead atoms. The van der Waals surface area contributed by atoms with E-state index >= 15 is 0 Å². The van der Waals surface area contributed by atoms with Gasteiger partial charge in [-0.2, -0.15) is 0 Å². The average Bonchev–Trinajstić information content (AvgIpc) is 3.30. The molecule has 134 valence electrons.